The van der Waals surface area contributed by atoms with Gasteiger partial charge in [0, 0.05) is 23.6 Å². The number of nitrogens with two attached hydrogens (primary N) is 1. The predicted molar refractivity (Wildman–Crippen MR) is 69.7 cm³/mol. The Morgan fingerprint density at radius 3 is 2.43 bits per heavy atom. The van der Waals surface area contributed by atoms with Gasteiger partial charge in [-0.15, -0.1) is 13.2 Å². The third-order valence-corrected chi connectivity index (χ3v) is 2.44. The van der Waals surface area contributed by atoms with Crippen molar-refractivity contribution in [1.82, 2.24) is 4.98 Å². The summed E-state index contributed by atoms with van der Waals surface area (Å²) in [6.45, 7) is 0. The molecule has 0 saturated carbocycles. The monoisotopic (exact) mass is 297 g/mol. The van der Waals surface area contributed by atoms with Gasteiger partial charge in [-0.3, -0.25) is 9.78 Å². The van der Waals surface area contributed by atoms with E-state index >= 15 is 0 Å². The number of nitrogens with zero attached hydrogens (tertiary/aromatic N) is 1. The minimum absolute atomic E-state index is 0.110. The number of benzene rings is 1. The lowest BCUT2D eigenvalue weighted by Crippen LogP contribution is -2.18. The van der Waals surface area contributed by atoms with Crippen LogP contribution in [0.25, 0.3) is 0 Å². The SMILES string of the molecule is Nc1cc(C(=O)Nc2ccncc2)ccc1OC(F)(F)F. The zero-order valence-corrected chi connectivity index (χ0v) is 10.5. The van der Waals surface area contributed by atoms with Crippen LogP contribution in [0.5, 0.6) is 5.75 Å². The lowest BCUT2D eigenvalue weighted by Gasteiger charge is -2.12. The van der Waals surface area contributed by atoms with Crippen molar-refractivity contribution in [2.24, 2.45) is 0 Å². The molecular weight excluding hydrogens is 287 g/mol. The number of nitrogens with one attached hydrogen (secondary N) is 1. The number of hydrogen-bond donors (Lipinski definition) is 2. The number of halogens is 3. The molecule has 2 aromatic rings. The maximum Gasteiger partial charge on any atom is 0.573 e. The van der Waals surface area contributed by atoms with E-state index in [-0.39, 0.29) is 11.3 Å². The summed E-state index contributed by atoms with van der Waals surface area (Å²) in [7, 11) is 0. The van der Waals surface area contributed by atoms with Crippen molar-refractivity contribution in [3.63, 3.8) is 0 Å². The van der Waals surface area contributed by atoms with E-state index in [9.17, 15) is 18.0 Å². The van der Waals surface area contributed by atoms with E-state index in [0.29, 0.717) is 5.69 Å². The van der Waals surface area contributed by atoms with Crippen molar-refractivity contribution >= 4 is 17.3 Å². The molecule has 0 aliphatic rings. The number of ether oxygens (including phenoxy) is 1. The molecule has 0 spiro atoms. The molecule has 1 heterocycles. The standard InChI is InChI=1S/C13H10F3N3O2/c14-13(15,16)21-11-2-1-8(7-10(11)17)12(20)19-9-3-5-18-6-4-9/h1-7H,17H2,(H,18,19,20). The van der Waals surface area contributed by atoms with Gasteiger partial charge in [0.2, 0.25) is 0 Å². The normalized spacial score (nSPS) is 11.0. The summed E-state index contributed by atoms with van der Waals surface area (Å²) in [5.74, 6) is -1.06. The number of rotatable bonds is 3. The summed E-state index contributed by atoms with van der Waals surface area (Å²) in [5, 5.41) is 2.56. The first-order valence-corrected chi connectivity index (χ1v) is 5.72. The predicted octanol–water partition coefficient (Wildman–Crippen LogP) is 2.81. The minimum Gasteiger partial charge on any atom is -0.404 e. The molecule has 2 rings (SSSR count). The van der Waals surface area contributed by atoms with Crippen molar-refractivity contribution in [3.8, 4) is 5.75 Å². The first-order chi connectivity index (χ1) is 9.85. The molecule has 8 heteroatoms. The van der Waals surface area contributed by atoms with E-state index < -0.39 is 18.0 Å². The van der Waals surface area contributed by atoms with Crippen LogP contribution in [0.1, 0.15) is 10.4 Å². The number of nitrogen functional groups attached to an aromatic ring is 1. The topological polar surface area (TPSA) is 77.2 Å². The molecule has 3 N–H and O–H groups in total. The molecule has 0 bridgehead atoms. The Bertz CT molecular complexity index is 645. The summed E-state index contributed by atoms with van der Waals surface area (Å²) >= 11 is 0. The summed E-state index contributed by atoms with van der Waals surface area (Å²) in [6.07, 6.45) is -1.86. The Kier molecular flexibility index (Phi) is 3.97. The summed E-state index contributed by atoms with van der Waals surface area (Å²) in [4.78, 5) is 15.7. The fraction of sp³-hybridized carbons (Fsp3) is 0.0769. The van der Waals surface area contributed by atoms with Gasteiger partial charge >= 0.3 is 6.36 Å². The molecule has 0 radical (unpaired) electrons. The number of amides is 1. The highest BCUT2D eigenvalue weighted by Gasteiger charge is 2.32. The molecule has 0 saturated heterocycles. The quantitative estimate of drug-likeness (QED) is 0.854. The molecule has 0 aliphatic carbocycles. The van der Waals surface area contributed by atoms with Crippen molar-refractivity contribution in [3.05, 3.63) is 48.3 Å². The molecule has 110 valence electrons. The van der Waals surface area contributed by atoms with Crippen LogP contribution >= 0.6 is 0 Å². The zero-order valence-electron chi connectivity index (χ0n) is 10.5. The number of hydrogen-bond acceptors (Lipinski definition) is 4. The van der Waals surface area contributed by atoms with Gasteiger partial charge < -0.3 is 15.8 Å². The van der Waals surface area contributed by atoms with Crippen molar-refractivity contribution in [1.29, 1.82) is 0 Å². The van der Waals surface area contributed by atoms with Gasteiger partial charge in [-0.2, -0.15) is 0 Å². The van der Waals surface area contributed by atoms with Gasteiger partial charge in [0.15, 0.2) is 5.75 Å². The van der Waals surface area contributed by atoms with E-state index in [4.69, 9.17) is 5.73 Å². The summed E-state index contributed by atoms with van der Waals surface area (Å²) < 4.78 is 40.0. The average molecular weight is 297 g/mol. The smallest absolute Gasteiger partial charge is 0.404 e. The van der Waals surface area contributed by atoms with Crippen LogP contribution in [0.15, 0.2) is 42.7 Å². The fourth-order valence-corrected chi connectivity index (χ4v) is 1.55. The fourth-order valence-electron chi connectivity index (χ4n) is 1.55. The molecule has 1 aromatic carbocycles. The zero-order chi connectivity index (χ0) is 15.5. The largest absolute Gasteiger partial charge is 0.573 e. The van der Waals surface area contributed by atoms with Gasteiger partial charge in [-0.05, 0) is 30.3 Å². The Hall–Kier alpha value is -2.77. The van der Waals surface area contributed by atoms with Crippen LogP contribution in [0.3, 0.4) is 0 Å². The Balaban J connectivity index is 2.14. The van der Waals surface area contributed by atoms with E-state index in [1.807, 2.05) is 0 Å². The third kappa shape index (κ3) is 4.10. The number of carbonyl (C=O) groups is 1. The van der Waals surface area contributed by atoms with Gasteiger partial charge in [0.05, 0.1) is 5.69 Å². The second kappa shape index (κ2) is 5.70. The van der Waals surface area contributed by atoms with Crippen molar-refractivity contribution in [2.75, 3.05) is 11.1 Å². The number of anilines is 2. The second-order valence-corrected chi connectivity index (χ2v) is 3.99. The molecule has 0 atom stereocenters. The van der Waals surface area contributed by atoms with E-state index in [2.05, 4.69) is 15.0 Å². The van der Waals surface area contributed by atoms with Gasteiger partial charge in [0.1, 0.15) is 0 Å². The Morgan fingerprint density at radius 2 is 1.86 bits per heavy atom. The van der Waals surface area contributed by atoms with Crippen LogP contribution in [0.4, 0.5) is 24.5 Å². The number of pyridine rings is 1. The molecule has 21 heavy (non-hydrogen) atoms. The average Bonchev–Trinajstić information content (AvgIpc) is 2.40. The van der Waals surface area contributed by atoms with Crippen LogP contribution in [-0.4, -0.2) is 17.3 Å². The van der Waals surface area contributed by atoms with Crippen LogP contribution in [0.2, 0.25) is 0 Å². The minimum atomic E-state index is -4.84. The van der Waals surface area contributed by atoms with Gasteiger partial charge in [-0.1, -0.05) is 0 Å². The van der Waals surface area contributed by atoms with Crippen molar-refractivity contribution in [2.45, 2.75) is 6.36 Å². The highest BCUT2D eigenvalue weighted by molar-refractivity contribution is 6.04. The van der Waals surface area contributed by atoms with Gasteiger partial charge in [0.25, 0.3) is 5.91 Å². The second-order valence-electron chi connectivity index (χ2n) is 3.99. The first kappa shape index (κ1) is 14.6. The molecular formula is C13H10F3N3O2. The number of carbonyl (C=O) groups excluding carboxylic acids is 1. The summed E-state index contributed by atoms with van der Waals surface area (Å²) in [5.41, 5.74) is 5.78. The molecule has 1 amide bonds. The number of alkyl halides is 3. The molecule has 1 aromatic heterocycles. The van der Waals surface area contributed by atoms with E-state index in [0.717, 1.165) is 12.1 Å². The molecule has 0 aliphatic heterocycles. The van der Waals surface area contributed by atoms with Gasteiger partial charge in [-0.25, -0.2) is 0 Å². The third-order valence-electron chi connectivity index (χ3n) is 2.44. The highest BCUT2D eigenvalue weighted by atomic mass is 19.4. The lowest BCUT2D eigenvalue weighted by atomic mass is 10.1. The molecule has 0 unspecified atom stereocenters. The van der Waals surface area contributed by atoms with Crippen LogP contribution < -0.4 is 15.8 Å². The van der Waals surface area contributed by atoms with E-state index in [1.165, 1.54) is 18.5 Å². The number of aromatic nitrogens is 1. The van der Waals surface area contributed by atoms with Crippen molar-refractivity contribution < 1.29 is 22.7 Å². The molecule has 5 nitrogen and oxygen atoms in total. The van der Waals surface area contributed by atoms with Crippen LogP contribution in [0, 0.1) is 0 Å². The maximum atomic E-state index is 12.1. The van der Waals surface area contributed by atoms with E-state index in [1.54, 1.807) is 12.1 Å². The first-order valence-electron chi connectivity index (χ1n) is 5.72. The Morgan fingerprint density at radius 1 is 1.19 bits per heavy atom. The Labute approximate surface area is 117 Å². The lowest BCUT2D eigenvalue weighted by molar-refractivity contribution is -0.274. The van der Waals surface area contributed by atoms with Crippen LogP contribution in [-0.2, 0) is 0 Å². The summed E-state index contributed by atoms with van der Waals surface area (Å²) in [6, 6.07) is 6.43. The maximum absolute atomic E-state index is 12.1. The highest BCUT2D eigenvalue weighted by Crippen LogP contribution is 2.29. The molecule has 0 fully saturated rings.